The molecule has 0 amide bonds. The zero-order valence-electron chi connectivity index (χ0n) is 13.0. The molecule has 1 aromatic heterocycles. The van der Waals surface area contributed by atoms with Gasteiger partial charge in [0.05, 0.1) is 6.61 Å². The van der Waals surface area contributed by atoms with E-state index in [9.17, 15) is 8.42 Å². The Labute approximate surface area is 141 Å². The van der Waals surface area contributed by atoms with Crippen LogP contribution in [0.2, 0.25) is 5.02 Å². The van der Waals surface area contributed by atoms with Crippen molar-refractivity contribution in [2.75, 3.05) is 24.7 Å². The van der Waals surface area contributed by atoms with E-state index in [4.69, 9.17) is 16.3 Å². The summed E-state index contributed by atoms with van der Waals surface area (Å²) in [5.41, 5.74) is 0.981. The molecule has 0 aliphatic rings. The highest BCUT2D eigenvalue weighted by Gasteiger charge is 2.13. The highest BCUT2D eigenvalue weighted by atomic mass is 35.5. The number of aryl methyl sites for hydroxylation is 1. The molecular weight excluding hydrogens is 336 g/mol. The molecular formula is C16H19ClN2O3S. The molecule has 0 spiro atoms. The molecule has 1 aromatic carbocycles. The second-order valence-corrected chi connectivity index (χ2v) is 7.58. The summed E-state index contributed by atoms with van der Waals surface area (Å²) < 4.78 is 29.0. The number of halogens is 1. The molecule has 0 aliphatic heterocycles. The Hall–Kier alpha value is -1.79. The lowest BCUT2D eigenvalue weighted by molar-refractivity contribution is 0.313. The van der Waals surface area contributed by atoms with Crippen molar-refractivity contribution in [3.05, 3.63) is 47.1 Å². The Bertz CT molecular complexity index is 779. The summed E-state index contributed by atoms with van der Waals surface area (Å²) >= 11 is 5.90. The van der Waals surface area contributed by atoms with Gasteiger partial charge in [-0.05, 0) is 49.2 Å². The average molecular weight is 355 g/mol. The van der Waals surface area contributed by atoms with E-state index < -0.39 is 9.84 Å². The largest absolute Gasteiger partial charge is 0.493 e. The Balaban J connectivity index is 1.85. The quantitative estimate of drug-likeness (QED) is 0.772. The van der Waals surface area contributed by atoms with Crippen molar-refractivity contribution in [3.63, 3.8) is 0 Å². The lowest BCUT2D eigenvalue weighted by atomic mass is 10.2. The Morgan fingerprint density at radius 2 is 2.09 bits per heavy atom. The molecule has 0 saturated carbocycles. The van der Waals surface area contributed by atoms with Crippen LogP contribution in [-0.2, 0) is 9.84 Å². The molecule has 5 nitrogen and oxygen atoms in total. The third-order valence-corrected chi connectivity index (χ3v) is 4.54. The molecule has 0 saturated heterocycles. The molecule has 2 rings (SSSR count). The summed E-state index contributed by atoms with van der Waals surface area (Å²) in [6.07, 6.45) is 3.44. The van der Waals surface area contributed by atoms with E-state index in [0.717, 1.165) is 11.3 Å². The van der Waals surface area contributed by atoms with Crippen LogP contribution in [0.4, 0.5) is 5.82 Å². The van der Waals surface area contributed by atoms with E-state index in [1.54, 1.807) is 18.3 Å². The van der Waals surface area contributed by atoms with Crippen LogP contribution in [-0.4, -0.2) is 32.8 Å². The second-order valence-electron chi connectivity index (χ2n) is 5.16. The van der Waals surface area contributed by atoms with E-state index >= 15 is 0 Å². The summed E-state index contributed by atoms with van der Waals surface area (Å²) in [6, 6.07) is 8.62. The molecule has 23 heavy (non-hydrogen) atoms. The molecule has 0 aliphatic carbocycles. The van der Waals surface area contributed by atoms with Gasteiger partial charge in [-0.3, -0.25) is 0 Å². The summed E-state index contributed by atoms with van der Waals surface area (Å²) in [7, 11) is -3.30. The van der Waals surface area contributed by atoms with Gasteiger partial charge in [0.25, 0.3) is 0 Å². The Morgan fingerprint density at radius 3 is 2.78 bits per heavy atom. The van der Waals surface area contributed by atoms with Crippen LogP contribution < -0.4 is 10.1 Å². The van der Waals surface area contributed by atoms with E-state index in [1.807, 2.05) is 19.1 Å². The first-order valence-electron chi connectivity index (χ1n) is 7.16. The minimum Gasteiger partial charge on any atom is -0.493 e. The van der Waals surface area contributed by atoms with Crippen LogP contribution in [0, 0.1) is 6.92 Å². The van der Waals surface area contributed by atoms with Crippen LogP contribution in [0.5, 0.6) is 5.75 Å². The van der Waals surface area contributed by atoms with Gasteiger partial charge in [0.15, 0.2) is 9.84 Å². The van der Waals surface area contributed by atoms with Crippen molar-refractivity contribution in [2.45, 2.75) is 18.2 Å². The summed E-state index contributed by atoms with van der Waals surface area (Å²) in [5.74, 6) is 1.17. The van der Waals surface area contributed by atoms with Gasteiger partial charge >= 0.3 is 0 Å². The molecule has 0 fully saturated rings. The summed E-state index contributed by atoms with van der Waals surface area (Å²) in [5, 5.41) is 3.72. The van der Waals surface area contributed by atoms with Crippen LogP contribution in [0.3, 0.4) is 0 Å². The molecule has 0 bridgehead atoms. The molecule has 2 aromatic rings. The average Bonchev–Trinajstić information content (AvgIpc) is 2.48. The van der Waals surface area contributed by atoms with Gasteiger partial charge in [0, 0.05) is 24.0 Å². The number of aromatic nitrogens is 1. The van der Waals surface area contributed by atoms with Gasteiger partial charge in [-0.2, -0.15) is 0 Å². The molecule has 1 N–H and O–H groups in total. The first kappa shape index (κ1) is 17.6. The van der Waals surface area contributed by atoms with Gasteiger partial charge in [0.2, 0.25) is 0 Å². The monoisotopic (exact) mass is 354 g/mol. The predicted molar refractivity (Wildman–Crippen MR) is 92.1 cm³/mol. The number of benzene rings is 1. The fourth-order valence-corrected chi connectivity index (χ4v) is 3.09. The normalized spacial score (nSPS) is 11.3. The number of anilines is 1. The second kappa shape index (κ2) is 7.66. The number of rotatable bonds is 7. The minimum absolute atomic E-state index is 0.203. The van der Waals surface area contributed by atoms with E-state index in [2.05, 4.69) is 10.3 Å². The van der Waals surface area contributed by atoms with Crippen molar-refractivity contribution in [1.82, 2.24) is 4.98 Å². The van der Waals surface area contributed by atoms with Crippen molar-refractivity contribution in [1.29, 1.82) is 0 Å². The van der Waals surface area contributed by atoms with Crippen LogP contribution in [0.15, 0.2) is 41.4 Å². The van der Waals surface area contributed by atoms with Crippen molar-refractivity contribution < 1.29 is 13.2 Å². The smallest absolute Gasteiger partial charge is 0.179 e. The summed E-state index contributed by atoms with van der Waals surface area (Å²) in [4.78, 5) is 4.28. The lowest BCUT2D eigenvalue weighted by Crippen LogP contribution is -2.11. The maximum atomic E-state index is 11.7. The minimum atomic E-state index is -3.30. The number of ether oxygens (including phenoxy) is 1. The van der Waals surface area contributed by atoms with Crippen molar-refractivity contribution >= 4 is 27.3 Å². The number of sulfone groups is 1. The standard InChI is InChI=1S/C16H19ClN2O3S/c1-12-11-13(17)6-7-14(12)22-10-4-9-19-16-15(23(2,20)21)5-3-8-18-16/h3,5-8,11H,4,9-10H2,1-2H3,(H,18,19). The van der Waals surface area contributed by atoms with Crippen molar-refractivity contribution in [2.24, 2.45) is 0 Å². The molecule has 124 valence electrons. The molecule has 1 heterocycles. The topological polar surface area (TPSA) is 68.3 Å². The highest BCUT2D eigenvalue weighted by Crippen LogP contribution is 2.22. The van der Waals surface area contributed by atoms with Gasteiger partial charge < -0.3 is 10.1 Å². The van der Waals surface area contributed by atoms with Crippen molar-refractivity contribution in [3.8, 4) is 5.75 Å². The highest BCUT2D eigenvalue weighted by molar-refractivity contribution is 7.90. The number of hydrogen-bond donors (Lipinski definition) is 1. The summed E-state index contributed by atoms with van der Waals surface area (Å²) in [6.45, 7) is 3.01. The Morgan fingerprint density at radius 1 is 1.30 bits per heavy atom. The van der Waals surface area contributed by atoms with Gasteiger partial charge in [-0.25, -0.2) is 13.4 Å². The third kappa shape index (κ3) is 5.11. The predicted octanol–water partition coefficient (Wildman–Crippen LogP) is 3.33. The number of nitrogens with zero attached hydrogens (tertiary/aromatic N) is 1. The molecule has 7 heteroatoms. The first-order chi connectivity index (χ1) is 10.9. The van der Waals surface area contributed by atoms with Gasteiger partial charge in [0.1, 0.15) is 16.5 Å². The van der Waals surface area contributed by atoms with Crippen LogP contribution in [0.25, 0.3) is 0 Å². The molecule has 0 unspecified atom stereocenters. The fourth-order valence-electron chi connectivity index (χ4n) is 2.06. The van der Waals surface area contributed by atoms with Gasteiger partial charge in [-0.15, -0.1) is 0 Å². The zero-order valence-corrected chi connectivity index (χ0v) is 14.6. The maximum absolute atomic E-state index is 11.7. The number of nitrogens with one attached hydrogen (secondary N) is 1. The van der Waals surface area contributed by atoms with E-state index in [1.165, 1.54) is 12.3 Å². The zero-order chi connectivity index (χ0) is 16.9. The van der Waals surface area contributed by atoms with E-state index in [0.29, 0.717) is 30.4 Å². The molecule has 0 atom stereocenters. The SMILES string of the molecule is Cc1cc(Cl)ccc1OCCCNc1ncccc1S(C)(=O)=O. The maximum Gasteiger partial charge on any atom is 0.179 e. The Kier molecular flexibility index (Phi) is 5.85. The van der Waals surface area contributed by atoms with E-state index in [-0.39, 0.29) is 4.90 Å². The van der Waals surface area contributed by atoms with Crippen LogP contribution >= 0.6 is 11.6 Å². The lowest BCUT2D eigenvalue weighted by Gasteiger charge is -2.11. The number of pyridine rings is 1. The molecule has 0 radical (unpaired) electrons. The first-order valence-corrected chi connectivity index (χ1v) is 9.43. The number of hydrogen-bond acceptors (Lipinski definition) is 5. The van der Waals surface area contributed by atoms with Gasteiger partial charge in [-0.1, -0.05) is 11.6 Å². The van der Waals surface area contributed by atoms with Crippen LogP contribution in [0.1, 0.15) is 12.0 Å². The third-order valence-electron chi connectivity index (χ3n) is 3.18. The fraction of sp³-hybridized carbons (Fsp3) is 0.312.